The molecule has 0 amide bonds. The molecule has 1 rings (SSSR count). The molecule has 0 unspecified atom stereocenters. The Bertz CT molecular complexity index is 445. The summed E-state index contributed by atoms with van der Waals surface area (Å²) in [4.78, 5) is -0.642. The number of phenolic OH excluding ortho intramolecular Hbond substituents is 1. The average Bonchev–Trinajstić information content (AvgIpc) is 1.98. The van der Waals surface area contributed by atoms with Crippen molar-refractivity contribution in [3.63, 3.8) is 0 Å². The van der Waals surface area contributed by atoms with E-state index in [1.54, 1.807) is 0 Å². The first-order valence-electron chi connectivity index (χ1n) is 2.97. The number of phenols is 1. The number of rotatable bonds is 1. The van der Waals surface area contributed by atoms with Crippen LogP contribution >= 0.6 is 23.2 Å². The van der Waals surface area contributed by atoms with Gasteiger partial charge < -0.3 is 9.66 Å². The standard InChI is InChI=1S/C6H4Cl2O4S.K/c7-5-3(9)1-2-4(6(5)8)13(10,11)12;/h1-2,9H,(H,10,11,12);/q;+1/p-1. The molecule has 0 aromatic heterocycles. The van der Waals surface area contributed by atoms with Gasteiger partial charge in [0, 0.05) is 0 Å². The topological polar surface area (TPSA) is 77.4 Å². The van der Waals surface area contributed by atoms with E-state index < -0.39 is 20.0 Å². The first-order valence-corrected chi connectivity index (χ1v) is 5.13. The van der Waals surface area contributed by atoms with E-state index in [4.69, 9.17) is 28.3 Å². The molecule has 0 atom stereocenters. The van der Waals surface area contributed by atoms with E-state index in [1.807, 2.05) is 0 Å². The van der Waals surface area contributed by atoms with Crippen LogP contribution in [0.5, 0.6) is 5.75 Å². The summed E-state index contributed by atoms with van der Waals surface area (Å²) in [5, 5.41) is 8.17. The predicted molar refractivity (Wildman–Crippen MR) is 46.1 cm³/mol. The summed E-state index contributed by atoms with van der Waals surface area (Å²) in [7, 11) is -4.65. The molecule has 1 aromatic rings. The second-order valence-electron chi connectivity index (χ2n) is 2.16. The van der Waals surface area contributed by atoms with Gasteiger partial charge >= 0.3 is 51.4 Å². The van der Waals surface area contributed by atoms with Crippen molar-refractivity contribution in [1.29, 1.82) is 0 Å². The van der Waals surface area contributed by atoms with E-state index in [-0.39, 0.29) is 62.2 Å². The normalized spacial score (nSPS) is 10.8. The van der Waals surface area contributed by atoms with Crippen molar-refractivity contribution in [2.45, 2.75) is 4.90 Å². The fourth-order valence-electron chi connectivity index (χ4n) is 0.715. The smallest absolute Gasteiger partial charge is 0.744 e. The average molecular weight is 281 g/mol. The van der Waals surface area contributed by atoms with Crippen LogP contribution in [0.15, 0.2) is 17.0 Å². The fourth-order valence-corrected chi connectivity index (χ4v) is 1.93. The molecule has 72 valence electrons. The van der Waals surface area contributed by atoms with Gasteiger partial charge in [0.1, 0.15) is 20.9 Å². The van der Waals surface area contributed by atoms with Crippen LogP contribution in [-0.2, 0) is 10.1 Å². The number of benzene rings is 1. The van der Waals surface area contributed by atoms with Crippen LogP contribution in [0, 0.1) is 0 Å². The first-order chi connectivity index (χ1) is 5.84. The van der Waals surface area contributed by atoms with Crippen molar-refractivity contribution < 1.29 is 69.5 Å². The molecule has 0 fully saturated rings. The maximum Gasteiger partial charge on any atom is 1.00 e. The Hall–Kier alpha value is 1.15. The molecule has 8 heteroatoms. The van der Waals surface area contributed by atoms with Crippen molar-refractivity contribution in [2.24, 2.45) is 0 Å². The fraction of sp³-hybridized carbons (Fsp3) is 0. The van der Waals surface area contributed by atoms with Crippen molar-refractivity contribution in [3.8, 4) is 5.75 Å². The molecule has 0 spiro atoms. The summed E-state index contributed by atoms with van der Waals surface area (Å²) in [5.74, 6) is -0.376. The van der Waals surface area contributed by atoms with Crippen LogP contribution in [0.4, 0.5) is 0 Å². The Morgan fingerprint density at radius 2 is 1.71 bits per heavy atom. The zero-order valence-corrected chi connectivity index (χ0v) is 12.4. The van der Waals surface area contributed by atoms with Gasteiger partial charge in [-0.15, -0.1) is 0 Å². The predicted octanol–water partition coefficient (Wildman–Crippen LogP) is -1.39. The second-order valence-corrected chi connectivity index (χ2v) is 4.27. The Kier molecular flexibility index (Phi) is 5.92. The molecule has 0 radical (unpaired) electrons. The summed E-state index contributed by atoms with van der Waals surface area (Å²) in [6.07, 6.45) is 0. The Labute approximate surface area is 133 Å². The summed E-state index contributed by atoms with van der Waals surface area (Å²) in [5.41, 5.74) is 0. The molecular formula is C6H3Cl2KO4S. The zero-order valence-electron chi connectivity index (χ0n) is 6.99. The summed E-state index contributed by atoms with van der Waals surface area (Å²) < 4.78 is 31.6. The minimum absolute atomic E-state index is 0. The van der Waals surface area contributed by atoms with Gasteiger partial charge in [0.05, 0.1) is 9.92 Å². The zero-order chi connectivity index (χ0) is 10.2. The monoisotopic (exact) mass is 280 g/mol. The van der Waals surface area contributed by atoms with Gasteiger partial charge in [0.15, 0.2) is 0 Å². The summed E-state index contributed by atoms with van der Waals surface area (Å²) in [6, 6.07) is 1.88. The number of hydrogen-bond acceptors (Lipinski definition) is 4. The molecule has 14 heavy (non-hydrogen) atoms. The molecule has 0 saturated carbocycles. The van der Waals surface area contributed by atoms with Crippen LogP contribution in [0.25, 0.3) is 0 Å². The number of aromatic hydroxyl groups is 1. The van der Waals surface area contributed by atoms with E-state index >= 15 is 0 Å². The Balaban J connectivity index is 0.00000169. The Morgan fingerprint density at radius 1 is 1.21 bits per heavy atom. The van der Waals surface area contributed by atoms with E-state index in [9.17, 15) is 13.0 Å². The van der Waals surface area contributed by atoms with Crippen molar-refractivity contribution >= 4 is 33.3 Å². The molecule has 1 aromatic carbocycles. The maximum atomic E-state index is 10.5. The van der Waals surface area contributed by atoms with E-state index in [1.165, 1.54) is 0 Å². The summed E-state index contributed by atoms with van der Waals surface area (Å²) >= 11 is 10.8. The molecule has 0 aliphatic rings. The van der Waals surface area contributed by atoms with Gasteiger partial charge in [-0.1, -0.05) is 23.2 Å². The molecular weight excluding hydrogens is 278 g/mol. The second kappa shape index (κ2) is 5.47. The minimum atomic E-state index is -4.65. The van der Waals surface area contributed by atoms with Gasteiger partial charge in [-0.2, -0.15) is 0 Å². The number of halogens is 2. The van der Waals surface area contributed by atoms with E-state index in [2.05, 4.69) is 0 Å². The molecule has 0 saturated heterocycles. The first kappa shape index (κ1) is 15.1. The Morgan fingerprint density at radius 3 is 2.14 bits per heavy atom. The number of hydrogen-bond donors (Lipinski definition) is 1. The van der Waals surface area contributed by atoms with Crippen molar-refractivity contribution in [1.82, 2.24) is 0 Å². The van der Waals surface area contributed by atoms with E-state index in [0.717, 1.165) is 12.1 Å². The minimum Gasteiger partial charge on any atom is -0.744 e. The third-order valence-corrected chi connectivity index (χ3v) is 3.16. The third kappa shape index (κ3) is 3.33. The SMILES string of the molecule is O=S(=O)([O-])c1ccc(O)c(Cl)c1Cl.[K+]. The van der Waals surface area contributed by atoms with Gasteiger partial charge in [-0.3, -0.25) is 0 Å². The molecule has 0 aliphatic heterocycles. The third-order valence-electron chi connectivity index (χ3n) is 1.30. The van der Waals surface area contributed by atoms with Gasteiger partial charge in [0.25, 0.3) is 0 Å². The van der Waals surface area contributed by atoms with Crippen LogP contribution in [0.1, 0.15) is 0 Å². The van der Waals surface area contributed by atoms with Crippen LogP contribution in [0.3, 0.4) is 0 Å². The maximum absolute atomic E-state index is 10.5. The summed E-state index contributed by atoms with van der Waals surface area (Å²) in [6.45, 7) is 0. The van der Waals surface area contributed by atoms with Crippen LogP contribution < -0.4 is 51.4 Å². The molecule has 0 heterocycles. The van der Waals surface area contributed by atoms with Gasteiger partial charge in [-0.25, -0.2) is 8.42 Å². The quantitative estimate of drug-likeness (QED) is 0.508. The molecule has 0 aliphatic carbocycles. The van der Waals surface area contributed by atoms with Gasteiger partial charge in [0.2, 0.25) is 0 Å². The van der Waals surface area contributed by atoms with E-state index in [0.29, 0.717) is 0 Å². The largest absolute Gasteiger partial charge is 1.00 e. The van der Waals surface area contributed by atoms with Crippen molar-refractivity contribution in [3.05, 3.63) is 22.2 Å². The molecule has 1 N–H and O–H groups in total. The molecule has 0 bridgehead atoms. The van der Waals surface area contributed by atoms with Crippen molar-refractivity contribution in [2.75, 3.05) is 0 Å². The van der Waals surface area contributed by atoms with Crippen LogP contribution in [0.2, 0.25) is 10.0 Å². The van der Waals surface area contributed by atoms with Crippen LogP contribution in [-0.4, -0.2) is 18.1 Å². The molecule has 4 nitrogen and oxygen atoms in total. The van der Waals surface area contributed by atoms with Gasteiger partial charge in [-0.05, 0) is 12.1 Å².